The average molecular weight is 620 g/mol. The van der Waals surface area contributed by atoms with E-state index in [1.54, 1.807) is 0 Å². The molecule has 0 bridgehead atoms. The first-order chi connectivity index (χ1) is 23.4. The molecule has 8 aromatic rings. The van der Waals surface area contributed by atoms with Crippen molar-refractivity contribution in [2.45, 2.75) is 26.2 Å². The van der Waals surface area contributed by atoms with Crippen molar-refractivity contribution in [1.29, 1.82) is 0 Å². The predicted molar refractivity (Wildman–Crippen MR) is 196 cm³/mol. The van der Waals surface area contributed by atoms with E-state index in [9.17, 15) is 0 Å². The van der Waals surface area contributed by atoms with E-state index in [0.717, 1.165) is 60.8 Å². The quantitative estimate of drug-likeness (QED) is 0.179. The molecule has 0 amide bonds. The number of rotatable bonds is 5. The maximum Gasteiger partial charge on any atom is 0.164 e. The van der Waals surface area contributed by atoms with E-state index in [4.69, 9.17) is 19.9 Å². The van der Waals surface area contributed by atoms with Crippen molar-refractivity contribution in [3.63, 3.8) is 0 Å². The molecule has 5 heteroatoms. The normalized spacial score (nSPS) is 11.6. The molecule has 3 aromatic heterocycles. The van der Waals surface area contributed by atoms with Crippen LogP contribution in [0.2, 0.25) is 0 Å². The van der Waals surface area contributed by atoms with E-state index in [1.807, 2.05) is 79.1 Å². The summed E-state index contributed by atoms with van der Waals surface area (Å²) in [6, 6.07) is 45.9. The summed E-state index contributed by atoms with van der Waals surface area (Å²) in [4.78, 5) is 24.8. The number of hydrogen-bond donors (Lipinski definition) is 0. The summed E-state index contributed by atoms with van der Waals surface area (Å²) in [6.45, 7) is 6.71. The smallest absolute Gasteiger partial charge is 0.164 e. The van der Waals surface area contributed by atoms with Crippen LogP contribution in [0, 0.1) is 0 Å². The number of benzene rings is 5. The highest BCUT2D eigenvalue weighted by molar-refractivity contribution is 6.10. The molecule has 5 nitrogen and oxygen atoms in total. The van der Waals surface area contributed by atoms with Crippen molar-refractivity contribution < 1.29 is 0 Å². The van der Waals surface area contributed by atoms with E-state index in [1.165, 1.54) is 5.56 Å². The first-order valence-electron chi connectivity index (χ1n) is 16.2. The molecule has 8 rings (SSSR count). The first kappa shape index (κ1) is 29.3. The molecule has 0 aliphatic rings. The molecule has 0 N–H and O–H groups in total. The lowest BCUT2D eigenvalue weighted by molar-refractivity contribution is 0.590. The molecule has 0 aliphatic heterocycles. The molecule has 0 fully saturated rings. The number of fused-ring (bicyclic) bond motifs is 3. The van der Waals surface area contributed by atoms with Crippen LogP contribution in [0.15, 0.2) is 146 Å². The number of hydrogen-bond acceptors (Lipinski definition) is 5. The van der Waals surface area contributed by atoms with Gasteiger partial charge in [-0.15, -0.1) is 0 Å². The van der Waals surface area contributed by atoms with Gasteiger partial charge in [0, 0.05) is 45.4 Å². The molecule has 0 unspecified atom stereocenters. The molecule has 0 radical (unpaired) electrons. The molecule has 3 heterocycles. The average Bonchev–Trinajstić information content (AvgIpc) is 3.14. The molecule has 0 atom stereocenters. The van der Waals surface area contributed by atoms with Crippen molar-refractivity contribution in [1.82, 2.24) is 24.9 Å². The van der Waals surface area contributed by atoms with Gasteiger partial charge in [-0.1, -0.05) is 124 Å². The number of para-hydroxylation sites is 1. The minimum absolute atomic E-state index is 0.0546. The van der Waals surface area contributed by atoms with Gasteiger partial charge in [0.2, 0.25) is 0 Å². The van der Waals surface area contributed by atoms with Crippen molar-refractivity contribution in [3.05, 3.63) is 151 Å². The van der Waals surface area contributed by atoms with Crippen LogP contribution in [0.5, 0.6) is 0 Å². The van der Waals surface area contributed by atoms with Gasteiger partial charge in [0.05, 0.1) is 11.2 Å². The zero-order valence-corrected chi connectivity index (χ0v) is 27.1. The van der Waals surface area contributed by atoms with Gasteiger partial charge < -0.3 is 0 Å². The molecule has 0 spiro atoms. The molecule has 48 heavy (non-hydrogen) atoms. The Bertz CT molecular complexity index is 2360. The monoisotopic (exact) mass is 619 g/mol. The lowest BCUT2D eigenvalue weighted by Crippen LogP contribution is -2.10. The minimum Gasteiger partial charge on any atom is -0.264 e. The first-order valence-corrected chi connectivity index (χ1v) is 16.2. The molecule has 0 saturated heterocycles. The van der Waals surface area contributed by atoms with Gasteiger partial charge >= 0.3 is 0 Å². The van der Waals surface area contributed by atoms with Gasteiger partial charge in [0.25, 0.3) is 0 Å². The highest BCUT2D eigenvalue weighted by Crippen LogP contribution is 2.37. The fraction of sp³-hybridized carbons (Fsp3) is 0.0930. The maximum absolute atomic E-state index is 5.23. The van der Waals surface area contributed by atoms with Gasteiger partial charge in [-0.3, -0.25) is 4.98 Å². The van der Waals surface area contributed by atoms with Gasteiger partial charge in [-0.05, 0) is 57.8 Å². The second-order valence-electron chi connectivity index (χ2n) is 13.1. The summed E-state index contributed by atoms with van der Waals surface area (Å²) < 4.78 is 0. The van der Waals surface area contributed by atoms with Crippen LogP contribution in [0.1, 0.15) is 26.3 Å². The molecule has 0 saturated carbocycles. The summed E-state index contributed by atoms with van der Waals surface area (Å²) in [5.74, 6) is 1.85. The zero-order valence-electron chi connectivity index (χ0n) is 27.1. The molecular weight excluding hydrogens is 587 g/mol. The van der Waals surface area contributed by atoms with Gasteiger partial charge in [0.15, 0.2) is 17.5 Å². The maximum atomic E-state index is 5.23. The van der Waals surface area contributed by atoms with Crippen molar-refractivity contribution in [3.8, 4) is 56.5 Å². The third kappa shape index (κ3) is 5.60. The Balaban J connectivity index is 1.39. The van der Waals surface area contributed by atoms with E-state index in [-0.39, 0.29) is 5.41 Å². The van der Waals surface area contributed by atoms with Crippen LogP contribution >= 0.6 is 0 Å². The number of pyridine rings is 2. The fourth-order valence-corrected chi connectivity index (χ4v) is 6.18. The Hall–Kier alpha value is -6.07. The van der Waals surface area contributed by atoms with Crippen LogP contribution in [0.3, 0.4) is 0 Å². The van der Waals surface area contributed by atoms with Crippen molar-refractivity contribution in [2.24, 2.45) is 0 Å². The van der Waals surface area contributed by atoms with E-state index >= 15 is 0 Å². The Labute approximate surface area is 280 Å². The van der Waals surface area contributed by atoms with Gasteiger partial charge in [0.1, 0.15) is 0 Å². The second kappa shape index (κ2) is 11.9. The standard InChI is InChI=1S/C43H33N5/c1-43(2,3)34-20-18-28(19-21-34)31-24-32(39-37-27-44-23-22-35(37)36-16-10-11-17-38(36)45-39)26-33(25-31)42-47-40(29-12-6-4-7-13-29)46-41(48-42)30-14-8-5-9-15-30/h4-27H,1-3H3. The van der Waals surface area contributed by atoms with Crippen LogP contribution < -0.4 is 0 Å². The van der Waals surface area contributed by atoms with Gasteiger partial charge in [-0.2, -0.15) is 0 Å². The SMILES string of the molecule is CC(C)(C)c1ccc(-c2cc(-c3nc(-c4ccccc4)nc(-c4ccccc4)n3)cc(-c3nc4ccccc4c4ccncc34)c2)cc1. The summed E-state index contributed by atoms with van der Waals surface area (Å²) in [5, 5.41) is 3.21. The van der Waals surface area contributed by atoms with E-state index < -0.39 is 0 Å². The Morgan fingerprint density at radius 3 is 1.62 bits per heavy atom. The van der Waals surface area contributed by atoms with Crippen LogP contribution in [-0.4, -0.2) is 24.9 Å². The zero-order chi connectivity index (χ0) is 32.7. The van der Waals surface area contributed by atoms with Crippen LogP contribution in [0.25, 0.3) is 78.2 Å². The summed E-state index contributed by atoms with van der Waals surface area (Å²) >= 11 is 0. The molecular formula is C43H33N5. The fourth-order valence-electron chi connectivity index (χ4n) is 6.18. The van der Waals surface area contributed by atoms with Crippen LogP contribution in [0.4, 0.5) is 0 Å². The van der Waals surface area contributed by atoms with Crippen molar-refractivity contribution in [2.75, 3.05) is 0 Å². The highest BCUT2D eigenvalue weighted by atomic mass is 15.0. The Kier molecular flexibility index (Phi) is 7.30. The summed E-state index contributed by atoms with van der Waals surface area (Å²) in [5.41, 5.74) is 9.01. The Morgan fingerprint density at radius 2 is 0.979 bits per heavy atom. The lowest BCUT2D eigenvalue weighted by Gasteiger charge is -2.19. The largest absolute Gasteiger partial charge is 0.264 e. The summed E-state index contributed by atoms with van der Waals surface area (Å²) in [6.07, 6.45) is 3.76. The number of aromatic nitrogens is 5. The van der Waals surface area contributed by atoms with Crippen molar-refractivity contribution >= 4 is 21.7 Å². The third-order valence-corrected chi connectivity index (χ3v) is 8.75. The molecule has 5 aromatic carbocycles. The van der Waals surface area contributed by atoms with E-state index in [2.05, 4.69) is 92.5 Å². The Morgan fingerprint density at radius 1 is 0.417 bits per heavy atom. The van der Waals surface area contributed by atoms with Crippen LogP contribution in [-0.2, 0) is 5.41 Å². The van der Waals surface area contributed by atoms with E-state index in [0.29, 0.717) is 17.5 Å². The minimum atomic E-state index is 0.0546. The number of nitrogens with zero attached hydrogens (tertiary/aromatic N) is 5. The molecule has 0 aliphatic carbocycles. The highest BCUT2D eigenvalue weighted by Gasteiger charge is 2.18. The predicted octanol–water partition coefficient (Wildman–Crippen LogP) is 10.6. The lowest BCUT2D eigenvalue weighted by atomic mass is 9.86. The topological polar surface area (TPSA) is 64.5 Å². The van der Waals surface area contributed by atoms with Gasteiger partial charge in [-0.25, -0.2) is 19.9 Å². The second-order valence-corrected chi connectivity index (χ2v) is 13.1. The summed E-state index contributed by atoms with van der Waals surface area (Å²) in [7, 11) is 0. The third-order valence-electron chi connectivity index (χ3n) is 8.75. The molecule has 230 valence electrons.